The van der Waals surface area contributed by atoms with E-state index >= 15 is 0 Å². The number of benzene rings is 2. The Balaban J connectivity index is 1.93. The topological polar surface area (TPSA) is 75.7 Å². The third-order valence-corrected chi connectivity index (χ3v) is 7.08. The summed E-state index contributed by atoms with van der Waals surface area (Å²) < 4.78 is 31.6. The number of anilines is 2. The summed E-state index contributed by atoms with van der Waals surface area (Å²) in [5, 5.41) is 3.37. The minimum absolute atomic E-state index is 0.129. The van der Waals surface area contributed by atoms with Crippen LogP contribution in [0.1, 0.15) is 34.3 Å². The van der Waals surface area contributed by atoms with Gasteiger partial charge in [0.2, 0.25) is 10.0 Å². The highest BCUT2D eigenvalue weighted by Crippen LogP contribution is 2.32. The zero-order chi connectivity index (χ0) is 20.5. The number of methoxy groups -OCH3 is 1. The van der Waals surface area contributed by atoms with E-state index in [0.717, 1.165) is 17.5 Å². The first-order valence-corrected chi connectivity index (χ1v) is 11.0. The molecule has 28 heavy (non-hydrogen) atoms. The molecule has 1 aliphatic heterocycles. The van der Waals surface area contributed by atoms with Crippen LogP contribution >= 0.6 is 11.6 Å². The normalized spacial score (nSPS) is 15.9. The van der Waals surface area contributed by atoms with Crippen LogP contribution in [0.2, 0.25) is 5.02 Å². The lowest BCUT2D eigenvalue weighted by Crippen LogP contribution is -2.38. The molecule has 1 fully saturated rings. The Kier molecular flexibility index (Phi) is 5.86. The molecule has 1 heterocycles. The SMILES string of the molecule is COc1cc(Cl)c(C)cc1NC(=O)c1ccc(C)c(N2CCCCS2(=O)=O)c1. The predicted molar refractivity (Wildman–Crippen MR) is 112 cm³/mol. The van der Waals surface area contributed by atoms with E-state index in [0.29, 0.717) is 40.7 Å². The molecule has 1 N–H and O–H groups in total. The smallest absolute Gasteiger partial charge is 0.255 e. The number of carbonyl (C=O) groups is 1. The van der Waals surface area contributed by atoms with Crippen LogP contribution in [0.15, 0.2) is 30.3 Å². The van der Waals surface area contributed by atoms with Crippen molar-refractivity contribution in [1.82, 2.24) is 0 Å². The molecule has 6 nitrogen and oxygen atoms in total. The minimum Gasteiger partial charge on any atom is -0.495 e. The molecule has 0 saturated carbocycles. The number of ether oxygens (including phenoxy) is 1. The second-order valence-electron chi connectivity index (χ2n) is 6.85. The summed E-state index contributed by atoms with van der Waals surface area (Å²) in [5.74, 6) is 0.231. The Labute approximate surface area is 170 Å². The summed E-state index contributed by atoms with van der Waals surface area (Å²) >= 11 is 6.11. The van der Waals surface area contributed by atoms with Gasteiger partial charge in [0.1, 0.15) is 5.75 Å². The third-order valence-electron chi connectivity index (χ3n) is 4.82. The molecule has 0 aromatic heterocycles. The van der Waals surface area contributed by atoms with Crippen LogP contribution in [0.3, 0.4) is 0 Å². The fourth-order valence-electron chi connectivity index (χ4n) is 3.20. The van der Waals surface area contributed by atoms with Crippen LogP contribution in [0.5, 0.6) is 5.75 Å². The first kappa shape index (κ1) is 20.5. The molecule has 8 heteroatoms. The molecule has 1 saturated heterocycles. The third kappa shape index (κ3) is 4.10. The van der Waals surface area contributed by atoms with Crippen LogP contribution in [0.25, 0.3) is 0 Å². The van der Waals surface area contributed by atoms with E-state index in [1.807, 2.05) is 13.8 Å². The molecule has 2 aromatic rings. The molecule has 3 rings (SSSR count). The van der Waals surface area contributed by atoms with E-state index in [4.69, 9.17) is 16.3 Å². The number of aryl methyl sites for hydroxylation is 2. The van der Waals surface area contributed by atoms with Gasteiger partial charge >= 0.3 is 0 Å². The highest BCUT2D eigenvalue weighted by Gasteiger charge is 2.27. The van der Waals surface area contributed by atoms with Gasteiger partial charge < -0.3 is 10.1 Å². The van der Waals surface area contributed by atoms with Gasteiger partial charge in [-0.15, -0.1) is 0 Å². The number of amides is 1. The van der Waals surface area contributed by atoms with Gasteiger partial charge in [0, 0.05) is 23.2 Å². The Morgan fingerprint density at radius 3 is 2.57 bits per heavy atom. The van der Waals surface area contributed by atoms with Gasteiger partial charge in [-0.2, -0.15) is 0 Å². The quantitative estimate of drug-likeness (QED) is 0.803. The molecular weight excluding hydrogens is 400 g/mol. The summed E-state index contributed by atoms with van der Waals surface area (Å²) in [4.78, 5) is 12.8. The van der Waals surface area contributed by atoms with Crippen molar-refractivity contribution < 1.29 is 17.9 Å². The lowest BCUT2D eigenvalue weighted by molar-refractivity contribution is 0.102. The van der Waals surface area contributed by atoms with Crippen molar-refractivity contribution in [3.63, 3.8) is 0 Å². The van der Waals surface area contributed by atoms with Gasteiger partial charge in [-0.3, -0.25) is 9.10 Å². The fraction of sp³-hybridized carbons (Fsp3) is 0.350. The molecule has 0 unspecified atom stereocenters. The highest BCUT2D eigenvalue weighted by atomic mass is 35.5. The monoisotopic (exact) mass is 422 g/mol. The molecule has 0 atom stereocenters. The zero-order valence-electron chi connectivity index (χ0n) is 16.1. The lowest BCUT2D eigenvalue weighted by Gasteiger charge is -2.29. The van der Waals surface area contributed by atoms with Gasteiger partial charge in [0.15, 0.2) is 0 Å². The number of nitrogens with one attached hydrogen (secondary N) is 1. The number of hydrogen-bond acceptors (Lipinski definition) is 4. The summed E-state index contributed by atoms with van der Waals surface area (Å²) in [6, 6.07) is 8.46. The molecule has 1 amide bonds. The van der Waals surface area contributed by atoms with Crippen LogP contribution in [-0.2, 0) is 10.0 Å². The number of carbonyl (C=O) groups excluding carboxylic acids is 1. The Hall–Kier alpha value is -2.25. The van der Waals surface area contributed by atoms with E-state index in [-0.39, 0.29) is 11.7 Å². The number of halogens is 1. The minimum atomic E-state index is -3.35. The van der Waals surface area contributed by atoms with Crippen molar-refractivity contribution in [2.75, 3.05) is 29.0 Å². The number of nitrogens with zero attached hydrogens (tertiary/aromatic N) is 1. The summed E-state index contributed by atoms with van der Waals surface area (Å²) in [6.45, 7) is 4.10. The maximum Gasteiger partial charge on any atom is 0.255 e. The molecule has 0 radical (unpaired) electrons. The van der Waals surface area contributed by atoms with Crippen molar-refractivity contribution in [3.05, 3.63) is 52.0 Å². The second kappa shape index (κ2) is 8.01. The van der Waals surface area contributed by atoms with Crippen LogP contribution in [0.4, 0.5) is 11.4 Å². The van der Waals surface area contributed by atoms with E-state index in [1.165, 1.54) is 11.4 Å². The van der Waals surface area contributed by atoms with Crippen molar-refractivity contribution in [2.24, 2.45) is 0 Å². The first-order chi connectivity index (χ1) is 13.2. The van der Waals surface area contributed by atoms with E-state index < -0.39 is 10.0 Å². The first-order valence-electron chi connectivity index (χ1n) is 8.99. The molecule has 1 aliphatic rings. The summed E-state index contributed by atoms with van der Waals surface area (Å²) in [6.07, 6.45) is 1.46. The number of sulfonamides is 1. The van der Waals surface area contributed by atoms with Crippen molar-refractivity contribution in [1.29, 1.82) is 0 Å². The molecule has 0 bridgehead atoms. The standard InChI is InChI=1S/C20H23ClN2O4S/c1-13-6-7-15(11-18(13)23-8-4-5-9-28(23,25)26)20(24)22-17-10-14(2)16(21)12-19(17)27-3/h6-7,10-12H,4-5,8-9H2,1-3H3,(H,22,24). The molecule has 150 valence electrons. The summed E-state index contributed by atoms with van der Waals surface area (Å²) in [5.41, 5.74) is 3.04. The molecule has 0 aliphatic carbocycles. The largest absolute Gasteiger partial charge is 0.495 e. The van der Waals surface area contributed by atoms with Gasteiger partial charge in [0.05, 0.1) is 24.2 Å². The van der Waals surface area contributed by atoms with Crippen LogP contribution in [0, 0.1) is 13.8 Å². The van der Waals surface area contributed by atoms with E-state index in [1.54, 1.807) is 30.3 Å². The van der Waals surface area contributed by atoms with Crippen molar-refractivity contribution in [3.8, 4) is 5.75 Å². The van der Waals surface area contributed by atoms with Crippen LogP contribution < -0.4 is 14.4 Å². The average Bonchev–Trinajstić information content (AvgIpc) is 2.65. The van der Waals surface area contributed by atoms with Crippen molar-refractivity contribution >= 4 is 38.9 Å². The van der Waals surface area contributed by atoms with Gasteiger partial charge in [0.25, 0.3) is 5.91 Å². The maximum atomic E-state index is 12.8. The Morgan fingerprint density at radius 2 is 1.89 bits per heavy atom. The van der Waals surface area contributed by atoms with Gasteiger partial charge in [-0.05, 0) is 56.0 Å². The second-order valence-corrected chi connectivity index (χ2v) is 9.27. The van der Waals surface area contributed by atoms with Gasteiger partial charge in [-0.25, -0.2) is 8.42 Å². The summed E-state index contributed by atoms with van der Waals surface area (Å²) in [7, 11) is -1.85. The lowest BCUT2D eigenvalue weighted by atomic mass is 10.1. The number of rotatable bonds is 4. The molecular formula is C20H23ClN2O4S. The van der Waals surface area contributed by atoms with E-state index in [2.05, 4.69) is 5.32 Å². The maximum absolute atomic E-state index is 12.8. The predicted octanol–water partition coefficient (Wildman–Crippen LogP) is 4.15. The Morgan fingerprint density at radius 1 is 1.14 bits per heavy atom. The van der Waals surface area contributed by atoms with E-state index in [9.17, 15) is 13.2 Å². The Bertz CT molecular complexity index is 1020. The van der Waals surface area contributed by atoms with Gasteiger partial charge in [-0.1, -0.05) is 17.7 Å². The highest BCUT2D eigenvalue weighted by molar-refractivity contribution is 7.92. The fourth-order valence-corrected chi connectivity index (χ4v) is 5.05. The molecule has 2 aromatic carbocycles. The zero-order valence-corrected chi connectivity index (χ0v) is 17.7. The van der Waals surface area contributed by atoms with Crippen LogP contribution in [-0.4, -0.2) is 33.7 Å². The van der Waals surface area contributed by atoms with Crippen molar-refractivity contribution in [2.45, 2.75) is 26.7 Å². The average molecular weight is 423 g/mol. The number of hydrogen-bond donors (Lipinski definition) is 1. The molecule has 0 spiro atoms.